The number of amides is 1. The standard InChI is InChI=1S/C17H25NO3/c1-13-6-4-7-14(12-13)21-11-5-10-17(20)18-15-8-2-3-9-16(15)19/h4,6-7,12,15-16,19H,2-3,5,8-11H2,1H3,(H,18,20)/t15-,16-/m0/s1. The first-order chi connectivity index (χ1) is 10.1. The lowest BCUT2D eigenvalue weighted by Crippen LogP contribution is -2.45. The number of aliphatic hydroxyl groups excluding tert-OH is 1. The third-order valence-corrected chi connectivity index (χ3v) is 3.88. The second-order valence-electron chi connectivity index (χ2n) is 5.79. The molecule has 1 aromatic carbocycles. The molecule has 1 aliphatic carbocycles. The van der Waals surface area contributed by atoms with E-state index in [1.165, 1.54) is 0 Å². The summed E-state index contributed by atoms with van der Waals surface area (Å²) in [6.07, 6.45) is 4.55. The van der Waals surface area contributed by atoms with Crippen molar-refractivity contribution < 1.29 is 14.6 Å². The first kappa shape index (κ1) is 15.8. The van der Waals surface area contributed by atoms with E-state index in [2.05, 4.69) is 5.32 Å². The van der Waals surface area contributed by atoms with Gasteiger partial charge in [-0.05, 0) is 43.9 Å². The average Bonchev–Trinajstić information content (AvgIpc) is 2.46. The summed E-state index contributed by atoms with van der Waals surface area (Å²) in [5, 5.41) is 12.8. The minimum atomic E-state index is -0.383. The molecule has 4 nitrogen and oxygen atoms in total. The smallest absolute Gasteiger partial charge is 0.220 e. The van der Waals surface area contributed by atoms with Crippen LogP contribution in [0.25, 0.3) is 0 Å². The molecule has 1 fully saturated rings. The first-order valence-electron chi connectivity index (χ1n) is 7.82. The van der Waals surface area contributed by atoms with E-state index in [1.54, 1.807) is 0 Å². The highest BCUT2D eigenvalue weighted by atomic mass is 16.5. The summed E-state index contributed by atoms with van der Waals surface area (Å²) in [5.74, 6) is 0.854. The number of ether oxygens (including phenoxy) is 1. The van der Waals surface area contributed by atoms with E-state index >= 15 is 0 Å². The maximum Gasteiger partial charge on any atom is 0.220 e. The number of carbonyl (C=O) groups is 1. The predicted octanol–water partition coefficient (Wildman–Crippen LogP) is 2.57. The Hall–Kier alpha value is -1.55. The second-order valence-corrected chi connectivity index (χ2v) is 5.79. The molecule has 1 aromatic rings. The van der Waals surface area contributed by atoms with Gasteiger partial charge in [-0.1, -0.05) is 25.0 Å². The summed E-state index contributed by atoms with van der Waals surface area (Å²) in [6, 6.07) is 7.82. The van der Waals surface area contributed by atoms with Crippen LogP contribution in [0.5, 0.6) is 5.75 Å². The van der Waals surface area contributed by atoms with Gasteiger partial charge >= 0.3 is 0 Å². The summed E-state index contributed by atoms with van der Waals surface area (Å²) >= 11 is 0. The highest BCUT2D eigenvalue weighted by Gasteiger charge is 2.24. The molecule has 116 valence electrons. The van der Waals surface area contributed by atoms with Gasteiger partial charge in [0.05, 0.1) is 18.8 Å². The Balaban J connectivity index is 1.63. The maximum atomic E-state index is 11.8. The fourth-order valence-electron chi connectivity index (χ4n) is 2.69. The van der Waals surface area contributed by atoms with Gasteiger partial charge in [-0.25, -0.2) is 0 Å². The van der Waals surface area contributed by atoms with Gasteiger partial charge in [-0.2, -0.15) is 0 Å². The fourth-order valence-corrected chi connectivity index (χ4v) is 2.69. The third-order valence-electron chi connectivity index (χ3n) is 3.88. The molecule has 21 heavy (non-hydrogen) atoms. The summed E-state index contributed by atoms with van der Waals surface area (Å²) in [5.41, 5.74) is 1.16. The lowest BCUT2D eigenvalue weighted by Gasteiger charge is -2.28. The van der Waals surface area contributed by atoms with Crippen molar-refractivity contribution in [2.24, 2.45) is 0 Å². The Morgan fingerprint density at radius 3 is 2.95 bits per heavy atom. The van der Waals surface area contributed by atoms with Crippen molar-refractivity contribution in [3.8, 4) is 5.75 Å². The normalized spacial score (nSPS) is 21.8. The van der Waals surface area contributed by atoms with Gasteiger partial charge in [-0.3, -0.25) is 4.79 Å². The number of aliphatic hydroxyl groups is 1. The molecule has 2 N–H and O–H groups in total. The highest BCUT2D eigenvalue weighted by molar-refractivity contribution is 5.76. The number of hydrogen-bond acceptors (Lipinski definition) is 3. The van der Waals surface area contributed by atoms with Crippen molar-refractivity contribution in [1.29, 1.82) is 0 Å². The molecule has 2 atom stereocenters. The van der Waals surface area contributed by atoms with E-state index in [0.717, 1.165) is 37.0 Å². The molecule has 0 bridgehead atoms. The van der Waals surface area contributed by atoms with Crippen LogP contribution in [0, 0.1) is 6.92 Å². The summed E-state index contributed by atoms with van der Waals surface area (Å²) in [7, 11) is 0. The minimum absolute atomic E-state index is 0.00814. The maximum absolute atomic E-state index is 11.8. The number of rotatable bonds is 6. The highest BCUT2D eigenvalue weighted by Crippen LogP contribution is 2.18. The zero-order valence-electron chi connectivity index (χ0n) is 12.7. The van der Waals surface area contributed by atoms with Crippen LogP contribution >= 0.6 is 0 Å². The number of benzene rings is 1. The predicted molar refractivity (Wildman–Crippen MR) is 82.3 cm³/mol. The monoisotopic (exact) mass is 291 g/mol. The molecule has 1 amide bonds. The van der Waals surface area contributed by atoms with Crippen LogP contribution in [0.15, 0.2) is 24.3 Å². The van der Waals surface area contributed by atoms with Crippen LogP contribution in [0.3, 0.4) is 0 Å². The van der Waals surface area contributed by atoms with E-state index in [9.17, 15) is 9.90 Å². The van der Waals surface area contributed by atoms with Crippen molar-refractivity contribution >= 4 is 5.91 Å². The Kier molecular flexibility index (Phi) is 6.05. The van der Waals surface area contributed by atoms with Gasteiger partial charge in [0.15, 0.2) is 0 Å². The largest absolute Gasteiger partial charge is 0.494 e. The van der Waals surface area contributed by atoms with Crippen molar-refractivity contribution in [2.75, 3.05) is 6.61 Å². The quantitative estimate of drug-likeness (QED) is 0.792. The first-order valence-corrected chi connectivity index (χ1v) is 7.82. The lowest BCUT2D eigenvalue weighted by molar-refractivity contribution is -0.123. The molecule has 1 saturated carbocycles. The molecule has 0 aliphatic heterocycles. The van der Waals surface area contributed by atoms with E-state index in [4.69, 9.17) is 4.74 Å². The Morgan fingerprint density at radius 2 is 2.19 bits per heavy atom. The van der Waals surface area contributed by atoms with Crippen molar-refractivity contribution in [3.05, 3.63) is 29.8 Å². The topological polar surface area (TPSA) is 58.6 Å². The summed E-state index contributed by atoms with van der Waals surface area (Å²) < 4.78 is 5.62. The van der Waals surface area contributed by atoms with Gasteiger partial charge in [0.25, 0.3) is 0 Å². The number of aryl methyl sites for hydroxylation is 1. The SMILES string of the molecule is Cc1cccc(OCCCC(=O)N[C@H]2CCCC[C@@H]2O)c1. The Morgan fingerprint density at radius 1 is 1.38 bits per heavy atom. The molecule has 0 spiro atoms. The van der Waals surface area contributed by atoms with Crippen molar-refractivity contribution in [3.63, 3.8) is 0 Å². The number of hydrogen-bond donors (Lipinski definition) is 2. The molecule has 4 heteroatoms. The fraction of sp³-hybridized carbons (Fsp3) is 0.588. The van der Waals surface area contributed by atoms with Gasteiger partial charge in [0.2, 0.25) is 5.91 Å². The zero-order valence-corrected chi connectivity index (χ0v) is 12.7. The van der Waals surface area contributed by atoms with E-state index < -0.39 is 0 Å². The lowest BCUT2D eigenvalue weighted by atomic mass is 9.92. The van der Waals surface area contributed by atoms with Gasteiger partial charge in [-0.15, -0.1) is 0 Å². The number of nitrogens with one attached hydrogen (secondary N) is 1. The Labute approximate surface area is 126 Å². The van der Waals surface area contributed by atoms with Gasteiger partial charge in [0, 0.05) is 6.42 Å². The van der Waals surface area contributed by atoms with E-state index in [-0.39, 0.29) is 18.1 Å². The molecule has 0 heterocycles. The molecule has 0 radical (unpaired) electrons. The van der Waals surface area contributed by atoms with Crippen LogP contribution in [0.1, 0.15) is 44.1 Å². The average molecular weight is 291 g/mol. The van der Waals surface area contributed by atoms with Gasteiger partial charge < -0.3 is 15.2 Å². The van der Waals surface area contributed by atoms with Crippen LogP contribution in [-0.4, -0.2) is 29.8 Å². The third kappa shape index (κ3) is 5.38. The van der Waals surface area contributed by atoms with Crippen molar-refractivity contribution in [1.82, 2.24) is 5.32 Å². The molecule has 1 aliphatic rings. The Bertz CT molecular complexity index is 461. The summed E-state index contributed by atoms with van der Waals surface area (Å²) in [4.78, 5) is 11.8. The molecule has 0 saturated heterocycles. The van der Waals surface area contributed by atoms with E-state index in [1.807, 2.05) is 31.2 Å². The zero-order chi connectivity index (χ0) is 15.1. The molecular weight excluding hydrogens is 266 g/mol. The summed E-state index contributed by atoms with van der Waals surface area (Å²) in [6.45, 7) is 2.56. The molecule has 0 aromatic heterocycles. The van der Waals surface area contributed by atoms with Crippen LogP contribution in [0.2, 0.25) is 0 Å². The van der Waals surface area contributed by atoms with Crippen LogP contribution in [0.4, 0.5) is 0 Å². The molecule has 0 unspecified atom stereocenters. The molecule has 2 rings (SSSR count). The van der Waals surface area contributed by atoms with Gasteiger partial charge in [0.1, 0.15) is 5.75 Å². The van der Waals surface area contributed by atoms with E-state index in [0.29, 0.717) is 19.4 Å². The minimum Gasteiger partial charge on any atom is -0.494 e. The second kappa shape index (κ2) is 8.03. The van der Waals surface area contributed by atoms with Crippen LogP contribution in [-0.2, 0) is 4.79 Å². The number of carbonyl (C=O) groups excluding carboxylic acids is 1. The van der Waals surface area contributed by atoms with Crippen LogP contribution < -0.4 is 10.1 Å². The van der Waals surface area contributed by atoms with Crippen molar-refractivity contribution in [2.45, 2.75) is 57.6 Å². The molecular formula is C17H25NO3.